The first-order chi connectivity index (χ1) is 57.3. The molecule has 0 aliphatic carbocycles. The smallest absolute Gasteiger partial charge is 0.220 e. The van der Waals surface area contributed by atoms with Crippen LogP contribution in [0.2, 0.25) is 0 Å². The summed E-state index contributed by atoms with van der Waals surface area (Å²) in [4.78, 5) is 64.2. The van der Waals surface area contributed by atoms with Crippen LogP contribution in [0.3, 0.4) is 0 Å². The number of fused-ring (bicyclic) bond motifs is 4. The van der Waals surface area contributed by atoms with Gasteiger partial charge in [-0.2, -0.15) is 0 Å². The maximum absolute atomic E-state index is 11.6. The minimum Gasteiger partial charge on any atom is -0.493 e. The van der Waals surface area contributed by atoms with Gasteiger partial charge < -0.3 is 82.8 Å². The van der Waals surface area contributed by atoms with Gasteiger partial charge in [0.1, 0.15) is 35.2 Å². The van der Waals surface area contributed by atoms with Crippen LogP contribution >= 0.6 is 0 Å². The number of nitrogens with zero attached hydrogens (tertiary/aromatic N) is 4. The van der Waals surface area contributed by atoms with Gasteiger partial charge in [-0.15, -0.1) is 0 Å². The number of amides is 4. The normalized spacial score (nSPS) is 16.4. The van der Waals surface area contributed by atoms with Crippen molar-refractivity contribution in [2.24, 2.45) is 23.7 Å². The lowest BCUT2D eigenvalue weighted by atomic mass is 10.0. The molecule has 25 heteroatoms. The van der Waals surface area contributed by atoms with Gasteiger partial charge in [-0.25, -0.2) is 0 Å². The highest BCUT2D eigenvalue weighted by atomic mass is 16.5. The van der Waals surface area contributed by atoms with Gasteiger partial charge in [-0.05, 0) is 218 Å². The Morgan fingerprint density at radius 1 is 0.305 bits per heavy atom. The first kappa shape index (κ1) is 82.7. The molecule has 118 heavy (non-hydrogen) atoms. The highest BCUT2D eigenvalue weighted by Gasteiger charge is 2.31. The van der Waals surface area contributed by atoms with Gasteiger partial charge in [0.15, 0.2) is 46.0 Å². The van der Waals surface area contributed by atoms with Crippen molar-refractivity contribution < 1.29 is 80.8 Å². The van der Waals surface area contributed by atoms with E-state index in [1.54, 1.807) is 81.7 Å². The van der Waals surface area contributed by atoms with Gasteiger partial charge in [0.2, 0.25) is 29.4 Å². The summed E-state index contributed by atoms with van der Waals surface area (Å²) in [5.74, 6) is 9.73. The van der Waals surface area contributed by atoms with E-state index >= 15 is 0 Å². The minimum atomic E-state index is -0.103. The lowest BCUT2D eigenvalue weighted by Gasteiger charge is -2.21. The van der Waals surface area contributed by atoms with Gasteiger partial charge in [-0.3, -0.25) is 39.1 Å². The molecule has 0 bridgehead atoms. The first-order valence-corrected chi connectivity index (χ1v) is 39.1. The van der Waals surface area contributed by atoms with Crippen LogP contribution in [0.1, 0.15) is 53.4 Å². The molecule has 612 valence electrons. The quantitative estimate of drug-likeness (QED) is 0.0392. The van der Waals surface area contributed by atoms with E-state index < -0.39 is 0 Å². The summed E-state index contributed by atoms with van der Waals surface area (Å²) in [5, 5.41) is 15.2. The highest BCUT2D eigenvalue weighted by molar-refractivity contribution is 5.94. The van der Waals surface area contributed by atoms with E-state index in [2.05, 4.69) is 41.2 Å². The summed E-state index contributed by atoms with van der Waals surface area (Å²) in [5.41, 5.74) is 11.0. The van der Waals surface area contributed by atoms with Gasteiger partial charge in [0, 0.05) is 122 Å². The molecule has 4 saturated heterocycles. The SMILES string of the molecule is COc1cc(-c2cc(OC[C@H]3CNC(=O)C3)c3cccnc3c2)cc(OC)c1OC.COc1cc(-c2cc(O[C@H](C)[C@H]3CNC(=O)C3)c3cccnc3c2)ccc1OC(C)C.COc1ccc(-c2cc(OC[C@H]3CNC(=O)C3)c3cccnc3c2)cc1OC.COc1ccc(-c2cc(O[C@H](C)[C@H]3CNC(=O)C3)c3cccnc3c2)cc1OC. The summed E-state index contributed by atoms with van der Waals surface area (Å²) < 4.78 is 74.3. The van der Waals surface area contributed by atoms with E-state index in [-0.39, 0.29) is 65.6 Å². The number of aromatic nitrogens is 4. The number of pyridine rings is 4. The Morgan fingerprint density at radius 2 is 0.602 bits per heavy atom. The van der Waals surface area contributed by atoms with Gasteiger partial charge in [0.05, 0.1) is 98.3 Å². The van der Waals surface area contributed by atoms with Crippen LogP contribution in [-0.4, -0.2) is 158 Å². The Labute approximate surface area is 685 Å². The predicted molar refractivity (Wildman–Crippen MR) is 453 cm³/mol. The van der Waals surface area contributed by atoms with E-state index in [9.17, 15) is 19.2 Å². The third-order valence-corrected chi connectivity index (χ3v) is 21.1. The number of carbonyl (C=O) groups excluding carboxylic acids is 4. The second-order valence-electron chi connectivity index (χ2n) is 29.3. The molecule has 4 aliphatic rings. The fraction of sp³-hybridized carbons (Fsp3) is 0.312. The summed E-state index contributed by atoms with van der Waals surface area (Å²) in [6.07, 6.45) is 8.91. The summed E-state index contributed by atoms with van der Waals surface area (Å²) in [6.45, 7) is 11.5. The average Bonchev–Trinajstić information content (AvgIpc) is 0.817. The van der Waals surface area contributed by atoms with Crippen molar-refractivity contribution in [2.45, 2.75) is 71.7 Å². The molecule has 8 aromatic carbocycles. The van der Waals surface area contributed by atoms with Crippen molar-refractivity contribution >= 4 is 67.2 Å². The third-order valence-electron chi connectivity index (χ3n) is 21.1. The van der Waals surface area contributed by atoms with Crippen molar-refractivity contribution in [3.63, 3.8) is 0 Å². The number of nitrogens with one attached hydrogen (secondary N) is 4. The lowest BCUT2D eigenvalue weighted by molar-refractivity contribution is -0.120. The number of hydrogen-bond donors (Lipinski definition) is 4. The maximum Gasteiger partial charge on any atom is 0.220 e. The van der Waals surface area contributed by atoms with Crippen LogP contribution in [-0.2, 0) is 19.2 Å². The van der Waals surface area contributed by atoms with Crippen LogP contribution < -0.4 is 82.8 Å². The molecule has 0 unspecified atom stereocenters. The summed E-state index contributed by atoms with van der Waals surface area (Å²) in [7, 11) is 12.9. The van der Waals surface area contributed by atoms with E-state index in [1.165, 1.54) is 0 Å². The zero-order chi connectivity index (χ0) is 82.9. The molecule has 25 nitrogen and oxygen atoms in total. The van der Waals surface area contributed by atoms with Crippen molar-refractivity contribution in [1.29, 1.82) is 0 Å². The average molecular weight is 1600 g/mol. The van der Waals surface area contributed by atoms with E-state index in [1.807, 2.05) is 191 Å². The van der Waals surface area contributed by atoms with Gasteiger partial charge >= 0.3 is 0 Å². The summed E-state index contributed by atoms with van der Waals surface area (Å²) >= 11 is 0. The molecule has 4 fully saturated rings. The predicted octanol–water partition coefficient (Wildman–Crippen LogP) is 15.3. The Morgan fingerprint density at radius 3 is 0.924 bits per heavy atom. The highest BCUT2D eigenvalue weighted by Crippen LogP contribution is 2.45. The van der Waals surface area contributed by atoms with Crippen LogP contribution in [0.15, 0.2) is 189 Å². The molecule has 6 atom stereocenters. The van der Waals surface area contributed by atoms with Crippen molar-refractivity contribution in [1.82, 2.24) is 41.2 Å². The third kappa shape index (κ3) is 19.8. The lowest BCUT2D eigenvalue weighted by Crippen LogP contribution is -2.25. The molecule has 4 aliphatic heterocycles. The molecule has 0 radical (unpaired) electrons. The van der Waals surface area contributed by atoms with Crippen LogP contribution in [0, 0.1) is 23.7 Å². The van der Waals surface area contributed by atoms with E-state index in [4.69, 9.17) is 61.6 Å². The van der Waals surface area contributed by atoms with Crippen molar-refractivity contribution in [2.75, 3.05) is 96.3 Å². The number of ether oxygens (including phenoxy) is 13. The molecular formula is C93H98N8O17. The first-order valence-electron chi connectivity index (χ1n) is 39.1. The molecule has 16 rings (SSSR count). The monoisotopic (exact) mass is 1600 g/mol. The standard InChI is InChI=1S/C25H28N2O4.C23H24N2O5.C23H24N2O4.C22H22N2O4/c1-15(2)30-22-8-7-17(11-24(22)29-4)18-10-21-20(6-5-9-26-21)23(12-18)31-16(3)19-13-25(28)27-14-19;1-27-20-10-16(11-21(28-2)23(20)29-3)15-8-18-17(5-4-6-24-18)19(9-15)30-13-14-7-22(26)25-12-14;1-14(17-12-23(26)25-13-17)29-21-11-16(9-19-18(21)5-4-8-24-19)15-6-7-20(27-2)22(10-15)28-3;1-26-19-6-5-15(10-21(19)27-2)16-9-18-17(4-3-7-23-18)20(11-16)28-13-14-8-22(25)24-12-14/h5-12,15-16,19H,13-14H2,1-4H3,(H,27,28);4-6,8-11,14H,7,12-13H2,1-3H3,(H,25,26);4-11,14,17H,12-13H2,1-3H3,(H,25,26);3-7,9-11,14H,8,12-13H2,1-2H3,(H,24,25)/t16-,19-;14-;14-,17-;14-/m1111/s1. The second-order valence-corrected chi connectivity index (χ2v) is 29.3. The zero-order valence-corrected chi connectivity index (χ0v) is 68.2. The van der Waals surface area contributed by atoms with Crippen LogP contribution in [0.5, 0.6) is 74.7 Å². The molecule has 8 heterocycles. The summed E-state index contributed by atoms with van der Waals surface area (Å²) in [6, 6.07) is 53.0. The van der Waals surface area contributed by atoms with Crippen LogP contribution in [0.4, 0.5) is 0 Å². The Hall–Kier alpha value is -13.3. The van der Waals surface area contributed by atoms with Crippen molar-refractivity contribution in [3.8, 4) is 119 Å². The largest absolute Gasteiger partial charge is 0.493 e. The number of hydrogen-bond acceptors (Lipinski definition) is 21. The number of benzene rings is 8. The van der Waals surface area contributed by atoms with Gasteiger partial charge in [0.25, 0.3) is 0 Å². The van der Waals surface area contributed by atoms with E-state index in [0.29, 0.717) is 117 Å². The number of methoxy groups -OCH3 is 8. The molecule has 4 amide bonds. The Kier molecular flexibility index (Phi) is 26.9. The van der Waals surface area contributed by atoms with Crippen LogP contribution in [0.25, 0.3) is 88.1 Å². The number of rotatable bonds is 26. The fourth-order valence-electron chi connectivity index (χ4n) is 14.7. The topological polar surface area (TPSA) is 288 Å². The number of carbonyl (C=O) groups is 4. The minimum absolute atomic E-state index is 0.0584. The van der Waals surface area contributed by atoms with Gasteiger partial charge in [-0.1, -0.05) is 18.2 Å². The second kappa shape index (κ2) is 38.4. The van der Waals surface area contributed by atoms with E-state index in [0.717, 1.165) is 111 Å². The maximum atomic E-state index is 11.6. The van der Waals surface area contributed by atoms with Crippen molar-refractivity contribution in [3.05, 3.63) is 189 Å². The zero-order valence-electron chi connectivity index (χ0n) is 68.2. The molecule has 4 aromatic heterocycles. The molecule has 0 spiro atoms. The fourth-order valence-corrected chi connectivity index (χ4v) is 14.7. The Bertz CT molecular complexity index is 5580. The molecule has 12 aromatic rings. The molecule has 0 saturated carbocycles. The Balaban J connectivity index is 0.000000136. The molecule has 4 N–H and O–H groups in total. The molecular weight excluding hydrogens is 1500 g/mol.